The summed E-state index contributed by atoms with van der Waals surface area (Å²) in [5.41, 5.74) is 0. The van der Waals surface area contributed by atoms with Crippen molar-refractivity contribution in [1.82, 2.24) is 20.3 Å². The van der Waals surface area contributed by atoms with Crippen LogP contribution in [0.5, 0.6) is 0 Å². The van der Waals surface area contributed by atoms with Gasteiger partial charge in [0.05, 0.1) is 6.20 Å². The first-order valence-corrected chi connectivity index (χ1v) is 4.87. The molecule has 0 spiro atoms. The molecule has 16 heavy (non-hydrogen) atoms. The van der Waals surface area contributed by atoms with E-state index < -0.39 is 17.9 Å². The van der Waals surface area contributed by atoms with E-state index in [2.05, 4.69) is 15.6 Å². The average molecular weight is 226 g/mol. The summed E-state index contributed by atoms with van der Waals surface area (Å²) in [6.07, 6.45) is 2.98. The van der Waals surface area contributed by atoms with Crippen LogP contribution in [0, 0.1) is 5.92 Å². The molecule has 1 aromatic rings. The molecule has 0 saturated heterocycles. The van der Waals surface area contributed by atoms with Crippen molar-refractivity contribution in [2.24, 2.45) is 5.92 Å². The van der Waals surface area contributed by atoms with Crippen LogP contribution in [0.25, 0.3) is 0 Å². The van der Waals surface area contributed by atoms with Gasteiger partial charge in [-0.05, 0) is 5.92 Å². The smallest absolute Gasteiger partial charge is 0.326 e. The highest BCUT2D eigenvalue weighted by Crippen LogP contribution is 2.01. The molecule has 2 N–H and O–H groups in total. The Morgan fingerprint density at radius 1 is 1.50 bits per heavy atom. The second-order valence-electron chi connectivity index (χ2n) is 3.73. The van der Waals surface area contributed by atoms with Crippen molar-refractivity contribution in [2.75, 3.05) is 0 Å². The lowest BCUT2D eigenvalue weighted by atomic mass is 10.1. The maximum absolute atomic E-state index is 11.5. The molecule has 88 valence electrons. The van der Waals surface area contributed by atoms with Gasteiger partial charge in [0, 0.05) is 6.20 Å². The van der Waals surface area contributed by atoms with E-state index in [1.165, 1.54) is 17.1 Å². The zero-order chi connectivity index (χ0) is 12.1. The van der Waals surface area contributed by atoms with Crippen molar-refractivity contribution in [2.45, 2.75) is 26.4 Å². The van der Waals surface area contributed by atoms with Gasteiger partial charge in [0.2, 0.25) is 5.91 Å². The van der Waals surface area contributed by atoms with Gasteiger partial charge in [-0.25, -0.2) is 9.48 Å². The Balaban J connectivity index is 2.52. The maximum atomic E-state index is 11.5. The van der Waals surface area contributed by atoms with Crippen LogP contribution in [0.1, 0.15) is 13.8 Å². The summed E-state index contributed by atoms with van der Waals surface area (Å²) in [6, 6.07) is -0.879. The summed E-state index contributed by atoms with van der Waals surface area (Å²) >= 11 is 0. The zero-order valence-electron chi connectivity index (χ0n) is 9.12. The fourth-order valence-electron chi connectivity index (χ4n) is 1.20. The molecule has 7 heteroatoms. The summed E-state index contributed by atoms with van der Waals surface area (Å²) in [5.74, 6) is -1.61. The Hall–Kier alpha value is -1.92. The highest BCUT2D eigenvalue weighted by Gasteiger charge is 2.23. The molecule has 0 fully saturated rings. The number of nitrogens with zero attached hydrogens (tertiary/aromatic N) is 3. The highest BCUT2D eigenvalue weighted by atomic mass is 16.4. The fraction of sp³-hybridized carbons (Fsp3) is 0.556. The minimum atomic E-state index is -1.04. The molecular formula is C9H14N4O3. The van der Waals surface area contributed by atoms with Crippen LogP contribution >= 0.6 is 0 Å². The lowest BCUT2D eigenvalue weighted by Crippen LogP contribution is -2.45. The summed E-state index contributed by atoms with van der Waals surface area (Å²) in [6.45, 7) is 3.43. The van der Waals surface area contributed by atoms with Crippen molar-refractivity contribution >= 4 is 11.9 Å². The third-order valence-corrected chi connectivity index (χ3v) is 2.03. The number of carbonyl (C=O) groups excluding carboxylic acids is 1. The van der Waals surface area contributed by atoms with Gasteiger partial charge in [-0.3, -0.25) is 4.79 Å². The Labute approximate surface area is 92.4 Å². The van der Waals surface area contributed by atoms with Gasteiger partial charge in [-0.1, -0.05) is 19.1 Å². The van der Waals surface area contributed by atoms with Gasteiger partial charge in [-0.15, -0.1) is 5.10 Å². The Bertz CT molecular complexity index is 361. The number of carbonyl (C=O) groups is 2. The monoisotopic (exact) mass is 226 g/mol. The van der Waals surface area contributed by atoms with Gasteiger partial charge in [0.1, 0.15) is 12.6 Å². The van der Waals surface area contributed by atoms with Crippen molar-refractivity contribution < 1.29 is 14.7 Å². The second kappa shape index (κ2) is 5.24. The van der Waals surface area contributed by atoms with Gasteiger partial charge in [-0.2, -0.15) is 0 Å². The van der Waals surface area contributed by atoms with Crippen molar-refractivity contribution in [1.29, 1.82) is 0 Å². The molecule has 0 aliphatic rings. The molecule has 0 unspecified atom stereocenters. The Morgan fingerprint density at radius 2 is 2.19 bits per heavy atom. The Kier molecular flexibility index (Phi) is 3.98. The van der Waals surface area contributed by atoms with Crippen molar-refractivity contribution in [3.05, 3.63) is 12.4 Å². The molecule has 0 aliphatic heterocycles. The Morgan fingerprint density at radius 3 is 2.62 bits per heavy atom. The van der Waals surface area contributed by atoms with Crippen LogP contribution in [0.15, 0.2) is 12.4 Å². The number of amides is 1. The van der Waals surface area contributed by atoms with Crippen LogP contribution < -0.4 is 5.32 Å². The number of hydrogen-bond acceptors (Lipinski definition) is 4. The number of aliphatic carboxylic acids is 1. The van der Waals surface area contributed by atoms with E-state index in [9.17, 15) is 9.59 Å². The molecular weight excluding hydrogens is 212 g/mol. The van der Waals surface area contributed by atoms with Crippen molar-refractivity contribution in [3.63, 3.8) is 0 Å². The number of carboxylic acid groups (broad SMARTS) is 1. The third kappa shape index (κ3) is 3.34. The molecule has 0 bridgehead atoms. The fourth-order valence-corrected chi connectivity index (χ4v) is 1.20. The quantitative estimate of drug-likeness (QED) is 0.705. The number of carboxylic acids is 1. The van der Waals surface area contributed by atoms with Crippen LogP contribution in [0.3, 0.4) is 0 Å². The van der Waals surface area contributed by atoms with Crippen LogP contribution in [-0.4, -0.2) is 38.0 Å². The van der Waals surface area contributed by atoms with Crippen LogP contribution in [0.4, 0.5) is 0 Å². The number of rotatable bonds is 5. The number of aromatic nitrogens is 3. The van der Waals surface area contributed by atoms with Crippen LogP contribution in [-0.2, 0) is 16.1 Å². The molecule has 1 aromatic heterocycles. The van der Waals surface area contributed by atoms with Gasteiger partial charge in [0.25, 0.3) is 0 Å². The van der Waals surface area contributed by atoms with E-state index in [1.807, 2.05) is 0 Å². The molecule has 7 nitrogen and oxygen atoms in total. The highest BCUT2D eigenvalue weighted by molar-refractivity contribution is 5.83. The van der Waals surface area contributed by atoms with Crippen molar-refractivity contribution in [3.8, 4) is 0 Å². The first-order valence-electron chi connectivity index (χ1n) is 4.87. The molecule has 1 amide bonds. The minimum absolute atomic E-state index is 0.0312. The molecule has 1 heterocycles. The minimum Gasteiger partial charge on any atom is -0.480 e. The predicted octanol–water partition coefficient (Wildman–Crippen LogP) is -0.497. The average Bonchev–Trinajstić information content (AvgIpc) is 2.65. The topological polar surface area (TPSA) is 97.1 Å². The number of hydrogen-bond donors (Lipinski definition) is 2. The van der Waals surface area contributed by atoms with E-state index in [-0.39, 0.29) is 12.5 Å². The van der Waals surface area contributed by atoms with E-state index in [0.717, 1.165) is 0 Å². The second-order valence-corrected chi connectivity index (χ2v) is 3.73. The standard InChI is InChI=1S/C9H14N4O3/c1-6(2)8(9(15)16)11-7(14)5-13-4-3-10-12-13/h3-4,6,8H,5H2,1-2H3,(H,11,14)(H,15,16)/t8-/m1/s1. The van der Waals surface area contributed by atoms with E-state index in [0.29, 0.717) is 0 Å². The van der Waals surface area contributed by atoms with Gasteiger partial charge >= 0.3 is 5.97 Å². The SMILES string of the molecule is CC(C)[C@@H](NC(=O)Cn1ccnn1)C(=O)O. The lowest BCUT2D eigenvalue weighted by molar-refractivity contribution is -0.143. The van der Waals surface area contributed by atoms with E-state index >= 15 is 0 Å². The number of nitrogens with one attached hydrogen (secondary N) is 1. The largest absolute Gasteiger partial charge is 0.480 e. The summed E-state index contributed by atoms with van der Waals surface area (Å²) in [7, 11) is 0. The molecule has 1 atom stereocenters. The first-order chi connectivity index (χ1) is 7.50. The third-order valence-electron chi connectivity index (χ3n) is 2.03. The molecule has 0 saturated carbocycles. The van der Waals surface area contributed by atoms with Gasteiger partial charge < -0.3 is 10.4 Å². The molecule has 1 rings (SSSR count). The molecule has 0 aliphatic carbocycles. The summed E-state index contributed by atoms with van der Waals surface area (Å²) in [4.78, 5) is 22.3. The molecule has 0 radical (unpaired) electrons. The van der Waals surface area contributed by atoms with Crippen LogP contribution in [0.2, 0.25) is 0 Å². The zero-order valence-corrected chi connectivity index (χ0v) is 9.12. The predicted molar refractivity (Wildman–Crippen MR) is 54.4 cm³/mol. The van der Waals surface area contributed by atoms with E-state index in [4.69, 9.17) is 5.11 Å². The normalized spacial score (nSPS) is 12.4. The van der Waals surface area contributed by atoms with E-state index in [1.54, 1.807) is 13.8 Å². The molecule has 0 aromatic carbocycles. The first kappa shape index (κ1) is 12.2. The lowest BCUT2D eigenvalue weighted by Gasteiger charge is -2.17. The van der Waals surface area contributed by atoms with Gasteiger partial charge in [0.15, 0.2) is 0 Å². The summed E-state index contributed by atoms with van der Waals surface area (Å²) < 4.78 is 1.33. The maximum Gasteiger partial charge on any atom is 0.326 e. The summed E-state index contributed by atoms with van der Waals surface area (Å²) in [5, 5.41) is 18.4.